The molecule has 0 saturated carbocycles. The van der Waals surface area contributed by atoms with Crippen LogP contribution in [0.5, 0.6) is 0 Å². The molecule has 1 atom stereocenters. The molecule has 0 amide bonds. The van der Waals surface area contributed by atoms with Gasteiger partial charge in [0.1, 0.15) is 0 Å². The van der Waals surface area contributed by atoms with Crippen LogP contribution < -0.4 is 5.32 Å². The Kier molecular flexibility index (Phi) is 3.50. The third kappa shape index (κ3) is 2.57. The minimum atomic E-state index is -0.465. The highest BCUT2D eigenvalue weighted by Gasteiger charge is 2.24. The Morgan fingerprint density at radius 1 is 1.37 bits per heavy atom. The number of anilines is 1. The van der Waals surface area contributed by atoms with Gasteiger partial charge in [0.15, 0.2) is 0 Å². The van der Waals surface area contributed by atoms with E-state index in [0.717, 1.165) is 5.56 Å². The van der Waals surface area contributed by atoms with Crippen LogP contribution in [0.4, 0.5) is 11.6 Å². The normalized spacial score (nSPS) is 12.2. The predicted octanol–water partition coefficient (Wildman–Crippen LogP) is 2.81. The maximum absolute atomic E-state index is 11.0. The average Bonchev–Trinajstić information content (AvgIpc) is 2.68. The number of nitrogens with zero attached hydrogens (tertiary/aromatic N) is 3. The molecule has 6 heteroatoms. The third-order valence-electron chi connectivity index (χ3n) is 3.13. The van der Waals surface area contributed by atoms with Gasteiger partial charge in [-0.2, -0.15) is 0 Å². The summed E-state index contributed by atoms with van der Waals surface area (Å²) in [6.45, 7) is 3.70. The number of hydrogen-bond acceptors (Lipinski definition) is 4. The van der Waals surface area contributed by atoms with Crippen molar-refractivity contribution in [2.75, 3.05) is 5.32 Å². The lowest BCUT2D eigenvalue weighted by molar-refractivity contribution is -0.388. The summed E-state index contributed by atoms with van der Waals surface area (Å²) >= 11 is 0. The molecule has 19 heavy (non-hydrogen) atoms. The molecule has 1 unspecified atom stereocenters. The Balaban J connectivity index is 2.31. The zero-order valence-corrected chi connectivity index (χ0v) is 11.1. The molecule has 1 heterocycles. The maximum Gasteiger partial charge on any atom is 0.406 e. The van der Waals surface area contributed by atoms with E-state index in [1.807, 2.05) is 37.3 Å². The van der Waals surface area contributed by atoms with Gasteiger partial charge in [0.05, 0.1) is 6.04 Å². The van der Waals surface area contributed by atoms with Crippen LogP contribution in [0.15, 0.2) is 30.3 Å². The number of rotatable bonds is 4. The number of benzene rings is 1. The summed E-state index contributed by atoms with van der Waals surface area (Å²) in [5.74, 6) is 0.899. The second-order valence-corrected chi connectivity index (χ2v) is 4.42. The van der Waals surface area contributed by atoms with Gasteiger partial charge in [-0.1, -0.05) is 30.3 Å². The van der Waals surface area contributed by atoms with E-state index >= 15 is 0 Å². The van der Waals surface area contributed by atoms with Crippen LogP contribution in [-0.2, 0) is 7.05 Å². The summed E-state index contributed by atoms with van der Waals surface area (Å²) in [7, 11) is 1.76. The lowest BCUT2D eigenvalue weighted by Crippen LogP contribution is -2.11. The molecule has 1 aromatic carbocycles. The van der Waals surface area contributed by atoms with Crippen molar-refractivity contribution in [3.63, 3.8) is 0 Å². The first-order valence-electron chi connectivity index (χ1n) is 6.00. The summed E-state index contributed by atoms with van der Waals surface area (Å²) in [6.07, 6.45) is 0. The molecule has 0 bridgehead atoms. The molecule has 0 spiro atoms. The molecule has 0 saturated heterocycles. The van der Waals surface area contributed by atoms with Crippen molar-refractivity contribution >= 4 is 11.6 Å². The fourth-order valence-corrected chi connectivity index (χ4v) is 1.91. The number of nitro groups is 1. The average molecular weight is 260 g/mol. The second-order valence-electron chi connectivity index (χ2n) is 4.42. The fourth-order valence-electron chi connectivity index (χ4n) is 1.91. The molecular formula is C13H16N4O2. The quantitative estimate of drug-likeness (QED) is 0.677. The van der Waals surface area contributed by atoms with Gasteiger partial charge in [0.2, 0.25) is 11.6 Å². The Morgan fingerprint density at radius 3 is 2.58 bits per heavy atom. The van der Waals surface area contributed by atoms with Crippen LogP contribution >= 0.6 is 0 Å². The van der Waals surface area contributed by atoms with Gasteiger partial charge in [-0.15, -0.1) is 0 Å². The fraction of sp³-hybridized carbons (Fsp3) is 0.308. The highest BCUT2D eigenvalue weighted by Crippen LogP contribution is 2.27. The number of hydrogen-bond donors (Lipinski definition) is 1. The van der Waals surface area contributed by atoms with Crippen LogP contribution in [0.3, 0.4) is 0 Å². The van der Waals surface area contributed by atoms with Gasteiger partial charge >= 0.3 is 5.82 Å². The number of nitrogens with one attached hydrogen (secondary N) is 1. The van der Waals surface area contributed by atoms with Gasteiger partial charge in [0.25, 0.3) is 0 Å². The van der Waals surface area contributed by atoms with E-state index in [9.17, 15) is 10.1 Å². The van der Waals surface area contributed by atoms with E-state index in [2.05, 4.69) is 10.3 Å². The number of imidazole rings is 1. The van der Waals surface area contributed by atoms with Crippen molar-refractivity contribution in [1.29, 1.82) is 0 Å². The maximum atomic E-state index is 11.0. The largest absolute Gasteiger partial charge is 0.406 e. The molecular weight excluding hydrogens is 244 g/mol. The van der Waals surface area contributed by atoms with Gasteiger partial charge in [-0.05, 0) is 22.4 Å². The molecule has 2 rings (SSSR count). The molecule has 0 radical (unpaired) electrons. The van der Waals surface area contributed by atoms with Crippen LogP contribution in [-0.4, -0.2) is 14.5 Å². The Hall–Kier alpha value is -2.37. The second kappa shape index (κ2) is 5.09. The molecule has 0 aliphatic rings. The lowest BCUT2D eigenvalue weighted by Gasteiger charge is -2.15. The van der Waals surface area contributed by atoms with E-state index in [1.54, 1.807) is 18.5 Å². The summed E-state index contributed by atoms with van der Waals surface area (Å²) in [4.78, 5) is 14.5. The summed E-state index contributed by atoms with van der Waals surface area (Å²) < 4.78 is 1.69. The first kappa shape index (κ1) is 13.1. The zero-order chi connectivity index (χ0) is 14.0. The van der Waals surface area contributed by atoms with Crippen molar-refractivity contribution in [3.05, 3.63) is 51.8 Å². The summed E-state index contributed by atoms with van der Waals surface area (Å²) in [6, 6.07) is 9.74. The molecule has 0 fully saturated rings. The van der Waals surface area contributed by atoms with Crippen LogP contribution in [0.25, 0.3) is 0 Å². The molecule has 0 aliphatic heterocycles. The Labute approximate surface area is 111 Å². The van der Waals surface area contributed by atoms with Gasteiger partial charge in [-0.3, -0.25) is 4.57 Å². The minimum Gasteiger partial charge on any atom is -0.358 e. The highest BCUT2D eigenvalue weighted by molar-refractivity contribution is 5.54. The van der Waals surface area contributed by atoms with Crippen LogP contribution in [0.2, 0.25) is 0 Å². The first-order chi connectivity index (χ1) is 9.00. The summed E-state index contributed by atoms with van der Waals surface area (Å²) in [5.41, 5.74) is 1.07. The van der Waals surface area contributed by atoms with E-state index in [4.69, 9.17) is 0 Å². The van der Waals surface area contributed by atoms with E-state index in [-0.39, 0.29) is 11.9 Å². The van der Waals surface area contributed by atoms with Crippen molar-refractivity contribution in [1.82, 2.24) is 9.55 Å². The first-order valence-corrected chi connectivity index (χ1v) is 6.00. The molecule has 0 aliphatic carbocycles. The van der Waals surface area contributed by atoms with Gasteiger partial charge in [0, 0.05) is 14.0 Å². The molecule has 1 N–H and O–H groups in total. The van der Waals surface area contributed by atoms with Gasteiger partial charge in [-0.25, -0.2) is 0 Å². The van der Waals surface area contributed by atoms with Gasteiger partial charge < -0.3 is 15.4 Å². The highest BCUT2D eigenvalue weighted by atomic mass is 16.6. The topological polar surface area (TPSA) is 73.0 Å². The Morgan fingerprint density at radius 2 is 2.00 bits per heavy atom. The Bertz CT molecular complexity index is 592. The molecule has 1 aromatic heterocycles. The SMILES string of the molecule is Cc1nc([N+](=O)[O-])c(NC(C)c2ccccc2)n1C. The summed E-state index contributed by atoms with van der Waals surface area (Å²) in [5, 5.41) is 14.2. The van der Waals surface area contributed by atoms with Crippen molar-refractivity contribution in [2.45, 2.75) is 19.9 Å². The minimum absolute atomic E-state index is 0.0327. The van der Waals surface area contributed by atoms with E-state index in [1.165, 1.54) is 0 Å². The smallest absolute Gasteiger partial charge is 0.358 e. The molecule has 100 valence electrons. The van der Waals surface area contributed by atoms with Crippen LogP contribution in [0.1, 0.15) is 24.4 Å². The third-order valence-corrected chi connectivity index (χ3v) is 3.13. The van der Waals surface area contributed by atoms with E-state index < -0.39 is 4.92 Å². The van der Waals surface area contributed by atoms with Crippen molar-refractivity contribution < 1.29 is 4.92 Å². The van der Waals surface area contributed by atoms with Crippen molar-refractivity contribution in [3.8, 4) is 0 Å². The standard InChI is InChI=1S/C13H16N4O2/c1-9(11-7-5-4-6-8-11)14-12-13(17(18)19)15-10(2)16(12)3/h4-9,14H,1-3H3. The number of aromatic nitrogens is 2. The molecule has 2 aromatic rings. The van der Waals surface area contributed by atoms with E-state index in [0.29, 0.717) is 11.6 Å². The molecule has 6 nitrogen and oxygen atoms in total. The monoisotopic (exact) mass is 260 g/mol. The zero-order valence-electron chi connectivity index (χ0n) is 11.1. The number of aryl methyl sites for hydroxylation is 1. The predicted molar refractivity (Wildman–Crippen MR) is 73.1 cm³/mol. The lowest BCUT2D eigenvalue weighted by atomic mass is 10.1. The van der Waals surface area contributed by atoms with Crippen molar-refractivity contribution in [2.24, 2.45) is 7.05 Å². The van der Waals surface area contributed by atoms with Crippen LogP contribution in [0, 0.1) is 17.0 Å².